The molecule has 4 aromatic carbocycles. The molecule has 0 fully saturated rings. The summed E-state index contributed by atoms with van der Waals surface area (Å²) in [5.41, 5.74) is 5.64. The molecule has 4 aliphatic rings. The molecule has 0 atom stereocenters. The van der Waals surface area contributed by atoms with E-state index in [2.05, 4.69) is 79.9 Å². The van der Waals surface area contributed by atoms with Crippen LogP contribution in [0, 0.1) is 0 Å². The van der Waals surface area contributed by atoms with Crippen molar-refractivity contribution in [3.8, 4) is 0 Å². The van der Waals surface area contributed by atoms with Gasteiger partial charge < -0.3 is 7.10 Å². The Kier molecular flexibility index (Phi) is 9.95. The zero-order valence-electron chi connectivity index (χ0n) is 29.5. The molecule has 49 heavy (non-hydrogen) atoms. The van der Waals surface area contributed by atoms with Crippen molar-refractivity contribution >= 4 is 72.2 Å². The van der Waals surface area contributed by atoms with Gasteiger partial charge in [-0.1, -0.05) is 152 Å². The minimum atomic E-state index is -1.35. The Morgan fingerprint density at radius 3 is 1.02 bits per heavy atom. The van der Waals surface area contributed by atoms with E-state index in [0.29, 0.717) is 23.3 Å². The number of amidine groups is 4. The monoisotopic (exact) mass is 660 g/mol. The van der Waals surface area contributed by atoms with Crippen LogP contribution in [-0.4, -0.2) is 46.1 Å². The van der Waals surface area contributed by atoms with Crippen LogP contribution in [0.5, 0.6) is 0 Å². The highest BCUT2D eigenvalue weighted by Crippen LogP contribution is 2.39. The molecule has 0 spiro atoms. The summed E-state index contributed by atoms with van der Waals surface area (Å²) >= 11 is -1.35. The zero-order chi connectivity index (χ0) is 34.7. The first-order valence-electron chi connectivity index (χ1n) is 17.5. The molecule has 0 saturated heterocycles. The lowest BCUT2D eigenvalue weighted by Gasteiger charge is -2.11. The molecule has 8 nitrogen and oxygen atoms in total. The van der Waals surface area contributed by atoms with Gasteiger partial charge in [0.2, 0.25) is 0 Å². The highest BCUT2D eigenvalue weighted by Gasteiger charge is 2.30. The van der Waals surface area contributed by atoms with E-state index in [1.165, 1.54) is 0 Å². The predicted molar refractivity (Wildman–Crippen MR) is 208 cm³/mol. The third-order valence-corrected chi connectivity index (χ3v) is 9.98. The summed E-state index contributed by atoms with van der Waals surface area (Å²) in [5, 5.41) is 4.16. The van der Waals surface area contributed by atoms with Crippen LogP contribution in [0.25, 0.3) is 21.5 Å². The van der Waals surface area contributed by atoms with Crippen molar-refractivity contribution in [2.75, 3.05) is 0 Å². The highest BCUT2D eigenvalue weighted by atomic mass is 27.1. The summed E-state index contributed by atoms with van der Waals surface area (Å²) in [6.45, 7) is 16.0. The molecular weight excluding hydrogens is 619 g/mol. The molecule has 0 radical (unpaired) electrons. The average Bonchev–Trinajstić information content (AvgIpc) is 3.89. The maximum Gasteiger partial charge on any atom is 0.563 e. The molecule has 9 heteroatoms. The first-order valence-corrected chi connectivity index (χ1v) is 18.8. The van der Waals surface area contributed by atoms with Crippen LogP contribution in [0.3, 0.4) is 0 Å². The Bertz CT molecular complexity index is 2290. The third kappa shape index (κ3) is 5.40. The van der Waals surface area contributed by atoms with Crippen LogP contribution >= 0.6 is 0 Å². The Morgan fingerprint density at radius 1 is 0.347 bits per heavy atom. The summed E-state index contributed by atoms with van der Waals surface area (Å²) < 4.78 is 4.59. The Morgan fingerprint density at radius 2 is 0.653 bits per heavy atom. The fourth-order valence-corrected chi connectivity index (χ4v) is 8.13. The summed E-state index contributed by atoms with van der Waals surface area (Å²) in [4.78, 5) is 31.0. The molecule has 4 aliphatic heterocycles. The van der Waals surface area contributed by atoms with Gasteiger partial charge in [0.1, 0.15) is 22.6 Å². The van der Waals surface area contributed by atoms with Crippen molar-refractivity contribution in [2.24, 2.45) is 30.0 Å². The summed E-state index contributed by atoms with van der Waals surface area (Å²) in [6, 6.07) is 33.1. The molecular formula is C40H41AlN8. The molecule has 244 valence electrons. The van der Waals surface area contributed by atoms with Gasteiger partial charge in [-0.3, -0.25) is 0 Å². The smallest absolute Gasteiger partial charge is 0.386 e. The van der Waals surface area contributed by atoms with E-state index in [1.54, 1.807) is 0 Å². The van der Waals surface area contributed by atoms with E-state index < -0.39 is 15.7 Å². The van der Waals surface area contributed by atoms with Crippen LogP contribution in [0.15, 0.2) is 127 Å². The summed E-state index contributed by atoms with van der Waals surface area (Å²) in [5.74, 6) is 4.40. The van der Waals surface area contributed by atoms with Crippen molar-refractivity contribution in [1.82, 2.24) is 7.10 Å². The number of aromatic nitrogens is 2. The minimum absolute atomic E-state index is 0.671. The van der Waals surface area contributed by atoms with Crippen LogP contribution < -0.4 is 11.0 Å². The Hall–Kier alpha value is -5.23. The van der Waals surface area contributed by atoms with Crippen molar-refractivity contribution in [1.29, 1.82) is 0 Å². The van der Waals surface area contributed by atoms with Crippen LogP contribution in [-0.2, 0) is 0 Å². The topological polar surface area (TPSA) is 84.0 Å². The van der Waals surface area contributed by atoms with E-state index in [4.69, 9.17) is 30.0 Å². The van der Waals surface area contributed by atoms with Crippen LogP contribution in [0.4, 0.5) is 11.6 Å². The number of hydrogen-bond donors (Lipinski definition) is 0. The van der Waals surface area contributed by atoms with E-state index >= 15 is 0 Å². The lowest BCUT2D eigenvalue weighted by atomic mass is 10.1. The number of hydrogen-bond acceptors (Lipinski definition) is 6. The van der Waals surface area contributed by atoms with Gasteiger partial charge in [-0.2, -0.15) is 0 Å². The first-order chi connectivity index (χ1) is 24.3. The van der Waals surface area contributed by atoms with Gasteiger partial charge in [-0.05, 0) is 0 Å². The Balaban J connectivity index is 0.000000489. The van der Waals surface area contributed by atoms with E-state index in [1.807, 2.05) is 79.7 Å². The van der Waals surface area contributed by atoms with E-state index in [-0.39, 0.29) is 0 Å². The first kappa shape index (κ1) is 33.7. The minimum Gasteiger partial charge on any atom is -0.386 e. The number of aliphatic imine (C=N–C) groups is 4. The number of fused-ring (bicyclic) bond motifs is 14. The van der Waals surface area contributed by atoms with Gasteiger partial charge in [0.15, 0.2) is 23.3 Å². The fourth-order valence-electron chi connectivity index (χ4n) is 6.35. The lowest BCUT2D eigenvalue weighted by Crippen LogP contribution is -2.36. The highest BCUT2D eigenvalue weighted by molar-refractivity contribution is 6.37. The van der Waals surface area contributed by atoms with Gasteiger partial charge in [-0.25, -0.2) is 30.0 Å². The summed E-state index contributed by atoms with van der Waals surface area (Å²) in [7, 11) is 0. The molecule has 0 aliphatic carbocycles. The molecule has 6 aromatic rings. The number of benzene rings is 4. The fraction of sp³-hybridized carbons (Fsp3) is 0.200. The second kappa shape index (κ2) is 14.5. The number of rotatable bonds is 0. The molecule has 6 bridgehead atoms. The van der Waals surface area contributed by atoms with Gasteiger partial charge in [0, 0.05) is 43.8 Å². The second-order valence-electron chi connectivity index (χ2n) is 10.4. The van der Waals surface area contributed by atoms with Crippen molar-refractivity contribution in [3.63, 3.8) is 0 Å². The summed E-state index contributed by atoms with van der Waals surface area (Å²) in [6.07, 6.45) is 0. The van der Waals surface area contributed by atoms with Gasteiger partial charge >= 0.3 is 15.7 Å². The standard InChI is InChI=1S/C32H16N8.4C2H6.Al.H/c1-2-10-18-17(9-1)25-33-26(18)38-28-21-13-5-6-14-22(21)30(35-28)40-32-24-16-8-7-15-23(24)31(36-32)39-29-20-12-4-3-11-19(20)27(34-29)37-25;4*1-2;;/h1-16H;4*1-2H3;;/q-2;;;;;+2;. The van der Waals surface area contributed by atoms with E-state index in [0.717, 1.165) is 66.4 Å². The van der Waals surface area contributed by atoms with Crippen molar-refractivity contribution < 1.29 is 0 Å². The molecule has 0 amide bonds. The van der Waals surface area contributed by atoms with Gasteiger partial charge in [0.05, 0.1) is 0 Å². The molecule has 0 unspecified atom stereocenters. The number of nitrogens with zero attached hydrogens (tertiary/aromatic N) is 8. The van der Waals surface area contributed by atoms with E-state index in [9.17, 15) is 0 Å². The van der Waals surface area contributed by atoms with Crippen molar-refractivity contribution in [2.45, 2.75) is 55.4 Å². The quantitative estimate of drug-likeness (QED) is 0.147. The maximum atomic E-state index is 5.26. The van der Waals surface area contributed by atoms with Crippen molar-refractivity contribution in [3.05, 3.63) is 130 Å². The predicted octanol–water partition coefficient (Wildman–Crippen LogP) is 8.31. The Labute approximate surface area is 293 Å². The third-order valence-electron chi connectivity index (χ3n) is 8.21. The molecule has 0 saturated carbocycles. The van der Waals surface area contributed by atoms with Gasteiger partial charge in [0.25, 0.3) is 0 Å². The SMILES string of the molecule is CC.CC.CC.CC.c1ccc2c(c1)C1=NC2=Nc2c3ccccc3c3[n]2[AlH][n]2c(c4ccccc4c2=NC2=NC(=N3)c3ccccc32)=N1. The molecule has 6 heterocycles. The normalized spacial score (nSPS) is 13.5. The lowest BCUT2D eigenvalue weighted by molar-refractivity contribution is 0.992. The van der Waals surface area contributed by atoms with Crippen LogP contribution in [0.1, 0.15) is 77.6 Å². The maximum absolute atomic E-state index is 5.26. The zero-order valence-corrected chi connectivity index (χ0v) is 30.9. The van der Waals surface area contributed by atoms with Crippen LogP contribution in [0.2, 0.25) is 0 Å². The average molecular weight is 661 g/mol. The molecule has 2 aromatic heterocycles. The second-order valence-corrected chi connectivity index (χ2v) is 12.0. The largest absolute Gasteiger partial charge is 0.563 e. The van der Waals surface area contributed by atoms with Gasteiger partial charge in [-0.15, -0.1) is 0 Å². The molecule has 0 N–H and O–H groups in total. The molecule has 10 rings (SSSR count).